The standard InChI is InChI=1S/C19H20O/c1-18(2)17(20)13-14-19(18,15-9-5-3-6-10-15)16-11-7-4-8-12-16/h3-12H,13-14H2,1-2H3. The van der Waals surface area contributed by atoms with Crippen LogP contribution in [0.2, 0.25) is 0 Å². The molecule has 0 radical (unpaired) electrons. The lowest BCUT2D eigenvalue weighted by molar-refractivity contribution is -0.125. The second-order valence-electron chi connectivity index (χ2n) is 6.19. The Labute approximate surface area is 120 Å². The fraction of sp³-hybridized carbons (Fsp3) is 0.316. The number of hydrogen-bond acceptors (Lipinski definition) is 1. The Balaban J connectivity index is 2.28. The van der Waals surface area contributed by atoms with Gasteiger partial charge >= 0.3 is 0 Å². The first-order valence-corrected chi connectivity index (χ1v) is 7.23. The molecule has 1 nitrogen and oxygen atoms in total. The van der Waals surface area contributed by atoms with Gasteiger partial charge < -0.3 is 0 Å². The molecule has 3 rings (SSSR count). The first-order chi connectivity index (χ1) is 9.59. The number of ketones is 1. The molecule has 1 fully saturated rings. The predicted octanol–water partition coefficient (Wildman–Crippen LogP) is 4.36. The van der Waals surface area contributed by atoms with Crippen LogP contribution < -0.4 is 0 Å². The van der Waals surface area contributed by atoms with Crippen LogP contribution in [0.1, 0.15) is 37.8 Å². The molecule has 0 amide bonds. The van der Waals surface area contributed by atoms with Crippen molar-refractivity contribution in [3.05, 3.63) is 71.8 Å². The van der Waals surface area contributed by atoms with Crippen LogP contribution in [0.15, 0.2) is 60.7 Å². The molecule has 1 heteroatoms. The fourth-order valence-electron chi connectivity index (χ4n) is 3.79. The molecule has 0 heterocycles. The van der Waals surface area contributed by atoms with E-state index in [1.54, 1.807) is 0 Å². The minimum Gasteiger partial charge on any atom is -0.299 e. The van der Waals surface area contributed by atoms with E-state index in [2.05, 4.69) is 62.4 Å². The summed E-state index contributed by atoms with van der Waals surface area (Å²) in [5.41, 5.74) is 1.94. The second-order valence-corrected chi connectivity index (χ2v) is 6.19. The lowest BCUT2D eigenvalue weighted by Gasteiger charge is -2.41. The summed E-state index contributed by atoms with van der Waals surface area (Å²) in [7, 11) is 0. The van der Waals surface area contributed by atoms with Gasteiger partial charge in [0.05, 0.1) is 0 Å². The molecule has 2 aromatic carbocycles. The number of benzene rings is 2. The summed E-state index contributed by atoms with van der Waals surface area (Å²) in [6.45, 7) is 4.20. The summed E-state index contributed by atoms with van der Waals surface area (Å²) in [4.78, 5) is 12.5. The van der Waals surface area contributed by atoms with Gasteiger partial charge in [-0.2, -0.15) is 0 Å². The molecule has 0 unspecified atom stereocenters. The summed E-state index contributed by atoms with van der Waals surface area (Å²) < 4.78 is 0. The highest BCUT2D eigenvalue weighted by Crippen LogP contribution is 2.55. The second kappa shape index (κ2) is 4.59. The molecule has 20 heavy (non-hydrogen) atoms. The van der Waals surface area contributed by atoms with Gasteiger partial charge in [0.25, 0.3) is 0 Å². The van der Waals surface area contributed by atoms with Crippen LogP contribution in [0.4, 0.5) is 0 Å². The number of Topliss-reactive ketones (excluding diaryl/α,β-unsaturated/α-hetero) is 1. The van der Waals surface area contributed by atoms with Crippen LogP contribution in [0.25, 0.3) is 0 Å². The van der Waals surface area contributed by atoms with Crippen LogP contribution >= 0.6 is 0 Å². The van der Waals surface area contributed by atoms with Gasteiger partial charge in [0, 0.05) is 17.3 Å². The highest BCUT2D eigenvalue weighted by molar-refractivity contribution is 5.90. The van der Waals surface area contributed by atoms with Crippen molar-refractivity contribution in [1.29, 1.82) is 0 Å². The van der Waals surface area contributed by atoms with E-state index in [1.807, 2.05) is 12.1 Å². The van der Waals surface area contributed by atoms with Crippen LogP contribution in [-0.4, -0.2) is 5.78 Å². The van der Waals surface area contributed by atoms with Gasteiger partial charge in [-0.25, -0.2) is 0 Å². The minimum absolute atomic E-state index is 0.202. The Hall–Kier alpha value is -1.89. The quantitative estimate of drug-likeness (QED) is 0.787. The van der Waals surface area contributed by atoms with Crippen molar-refractivity contribution in [2.45, 2.75) is 32.1 Å². The lowest BCUT2D eigenvalue weighted by Crippen LogP contribution is -2.41. The van der Waals surface area contributed by atoms with E-state index >= 15 is 0 Å². The van der Waals surface area contributed by atoms with Crippen molar-refractivity contribution in [3.63, 3.8) is 0 Å². The Morgan fingerprint density at radius 1 is 0.800 bits per heavy atom. The molecule has 0 aromatic heterocycles. The minimum atomic E-state index is -0.365. The van der Waals surface area contributed by atoms with Gasteiger partial charge in [-0.3, -0.25) is 4.79 Å². The molecule has 0 atom stereocenters. The smallest absolute Gasteiger partial charge is 0.139 e. The lowest BCUT2D eigenvalue weighted by atomic mass is 9.60. The first kappa shape index (κ1) is 13.1. The van der Waals surface area contributed by atoms with E-state index in [1.165, 1.54) is 11.1 Å². The highest BCUT2D eigenvalue weighted by atomic mass is 16.1. The van der Waals surface area contributed by atoms with Gasteiger partial charge in [0.2, 0.25) is 0 Å². The third kappa shape index (κ3) is 1.66. The molecule has 1 aliphatic rings. The Morgan fingerprint density at radius 2 is 1.25 bits per heavy atom. The molecule has 2 aromatic rings. The maximum Gasteiger partial charge on any atom is 0.139 e. The molecule has 1 saturated carbocycles. The van der Waals surface area contributed by atoms with Crippen LogP contribution in [0.5, 0.6) is 0 Å². The fourth-order valence-corrected chi connectivity index (χ4v) is 3.79. The van der Waals surface area contributed by atoms with E-state index in [9.17, 15) is 4.79 Å². The highest BCUT2D eigenvalue weighted by Gasteiger charge is 2.55. The van der Waals surface area contributed by atoms with Gasteiger partial charge in [0.15, 0.2) is 0 Å². The summed E-state index contributed by atoms with van der Waals surface area (Å²) in [5, 5.41) is 0. The predicted molar refractivity (Wildman–Crippen MR) is 81.7 cm³/mol. The van der Waals surface area contributed by atoms with E-state index < -0.39 is 0 Å². The SMILES string of the molecule is CC1(C)C(=O)CCC1(c1ccccc1)c1ccccc1. The molecule has 0 bridgehead atoms. The monoisotopic (exact) mass is 264 g/mol. The van der Waals surface area contributed by atoms with Crippen molar-refractivity contribution in [2.75, 3.05) is 0 Å². The van der Waals surface area contributed by atoms with Crippen molar-refractivity contribution in [1.82, 2.24) is 0 Å². The average Bonchev–Trinajstić information content (AvgIpc) is 2.73. The maximum atomic E-state index is 12.5. The van der Waals surface area contributed by atoms with Crippen molar-refractivity contribution in [2.24, 2.45) is 5.41 Å². The number of carbonyl (C=O) groups is 1. The maximum absolute atomic E-state index is 12.5. The molecule has 0 saturated heterocycles. The van der Waals surface area contributed by atoms with E-state index in [-0.39, 0.29) is 10.8 Å². The largest absolute Gasteiger partial charge is 0.299 e. The third-order valence-corrected chi connectivity index (χ3v) is 5.02. The molecular formula is C19H20O. The first-order valence-electron chi connectivity index (χ1n) is 7.23. The Bertz CT molecular complexity index is 571. The van der Waals surface area contributed by atoms with E-state index in [0.717, 1.165) is 6.42 Å². The third-order valence-electron chi connectivity index (χ3n) is 5.02. The van der Waals surface area contributed by atoms with E-state index in [4.69, 9.17) is 0 Å². The van der Waals surface area contributed by atoms with Gasteiger partial charge in [-0.15, -0.1) is 0 Å². The van der Waals surface area contributed by atoms with Gasteiger partial charge in [0.1, 0.15) is 5.78 Å². The molecule has 102 valence electrons. The number of hydrogen-bond donors (Lipinski definition) is 0. The number of carbonyl (C=O) groups excluding carboxylic acids is 1. The Morgan fingerprint density at radius 3 is 1.60 bits per heavy atom. The van der Waals surface area contributed by atoms with Crippen molar-refractivity contribution >= 4 is 5.78 Å². The normalized spacial score (nSPS) is 20.0. The van der Waals surface area contributed by atoms with Crippen LogP contribution in [0, 0.1) is 5.41 Å². The molecule has 0 spiro atoms. The Kier molecular flexibility index (Phi) is 3.01. The van der Waals surface area contributed by atoms with Gasteiger partial charge in [-0.05, 0) is 17.5 Å². The zero-order chi connectivity index (χ0) is 14.2. The molecular weight excluding hydrogens is 244 g/mol. The summed E-state index contributed by atoms with van der Waals surface area (Å²) in [5.74, 6) is 0.366. The molecule has 1 aliphatic carbocycles. The van der Waals surface area contributed by atoms with Crippen molar-refractivity contribution in [3.8, 4) is 0 Å². The van der Waals surface area contributed by atoms with Gasteiger partial charge in [-0.1, -0.05) is 74.5 Å². The zero-order valence-corrected chi connectivity index (χ0v) is 12.1. The molecule has 0 aliphatic heterocycles. The summed E-state index contributed by atoms with van der Waals surface area (Å²) >= 11 is 0. The topological polar surface area (TPSA) is 17.1 Å². The van der Waals surface area contributed by atoms with Crippen LogP contribution in [0.3, 0.4) is 0 Å². The molecule has 0 N–H and O–H groups in total. The summed E-state index contributed by atoms with van der Waals surface area (Å²) in [6, 6.07) is 21.0. The summed E-state index contributed by atoms with van der Waals surface area (Å²) in [6.07, 6.45) is 1.56. The van der Waals surface area contributed by atoms with Crippen molar-refractivity contribution < 1.29 is 4.79 Å². The van der Waals surface area contributed by atoms with E-state index in [0.29, 0.717) is 12.2 Å². The zero-order valence-electron chi connectivity index (χ0n) is 12.1. The van der Waals surface area contributed by atoms with Crippen LogP contribution in [-0.2, 0) is 10.2 Å². The number of rotatable bonds is 2. The average molecular weight is 264 g/mol.